The Hall–Kier alpha value is -1.21. The molecular weight excluding hydrogens is 276 g/mol. The standard InChI is InChI=1S/C13H22N4O2S/c1-3-7-14-12-17-16-11(20-12)10(18)15-9-13(4-5-13)6-8-19-2/h3-9H2,1-2H3,(H,14,17)(H,15,18). The Labute approximate surface area is 123 Å². The average Bonchev–Trinajstić information content (AvgIpc) is 3.08. The first-order chi connectivity index (χ1) is 9.69. The first-order valence-electron chi connectivity index (χ1n) is 7.03. The molecule has 6 nitrogen and oxygen atoms in total. The zero-order valence-corrected chi connectivity index (χ0v) is 12.9. The van der Waals surface area contributed by atoms with Gasteiger partial charge in [-0.1, -0.05) is 18.3 Å². The minimum atomic E-state index is -0.129. The molecular formula is C13H22N4O2S. The Morgan fingerprint density at radius 3 is 2.90 bits per heavy atom. The van der Waals surface area contributed by atoms with Crippen LogP contribution in [0.25, 0.3) is 0 Å². The first-order valence-corrected chi connectivity index (χ1v) is 7.85. The van der Waals surface area contributed by atoms with Gasteiger partial charge < -0.3 is 15.4 Å². The maximum Gasteiger partial charge on any atom is 0.282 e. The number of hydrogen-bond acceptors (Lipinski definition) is 6. The van der Waals surface area contributed by atoms with Gasteiger partial charge in [0.2, 0.25) is 10.1 Å². The van der Waals surface area contributed by atoms with Gasteiger partial charge in [-0.25, -0.2) is 0 Å². The van der Waals surface area contributed by atoms with Gasteiger partial charge in [0.25, 0.3) is 5.91 Å². The van der Waals surface area contributed by atoms with E-state index >= 15 is 0 Å². The SMILES string of the molecule is CCCNc1nnc(C(=O)NCC2(CCOC)CC2)s1. The number of carbonyl (C=O) groups excluding carboxylic acids is 1. The minimum absolute atomic E-state index is 0.129. The van der Waals surface area contributed by atoms with E-state index in [2.05, 4.69) is 27.8 Å². The predicted octanol–water partition coefficient (Wildman–Crippen LogP) is 1.91. The number of rotatable bonds is 9. The average molecular weight is 298 g/mol. The summed E-state index contributed by atoms with van der Waals surface area (Å²) >= 11 is 1.30. The summed E-state index contributed by atoms with van der Waals surface area (Å²) in [7, 11) is 1.71. The van der Waals surface area contributed by atoms with Crippen LogP contribution in [0, 0.1) is 5.41 Å². The lowest BCUT2D eigenvalue weighted by molar-refractivity contribution is 0.0937. The molecule has 1 aliphatic carbocycles. The minimum Gasteiger partial charge on any atom is -0.385 e. The molecule has 0 atom stereocenters. The normalized spacial score (nSPS) is 15.9. The molecule has 7 heteroatoms. The molecule has 0 bridgehead atoms. The molecule has 1 aromatic heterocycles. The van der Waals surface area contributed by atoms with Crippen molar-refractivity contribution in [1.29, 1.82) is 0 Å². The summed E-state index contributed by atoms with van der Waals surface area (Å²) in [5, 5.41) is 15.1. The molecule has 0 spiro atoms. The van der Waals surface area contributed by atoms with Crippen LogP contribution in [0.2, 0.25) is 0 Å². The van der Waals surface area contributed by atoms with E-state index in [1.165, 1.54) is 11.3 Å². The highest BCUT2D eigenvalue weighted by atomic mass is 32.1. The third-order valence-electron chi connectivity index (χ3n) is 3.56. The van der Waals surface area contributed by atoms with Crippen molar-refractivity contribution in [3.63, 3.8) is 0 Å². The summed E-state index contributed by atoms with van der Waals surface area (Å²) in [6, 6.07) is 0. The van der Waals surface area contributed by atoms with Gasteiger partial charge in [0.15, 0.2) is 0 Å². The third kappa shape index (κ3) is 4.14. The number of nitrogens with zero attached hydrogens (tertiary/aromatic N) is 2. The number of methoxy groups -OCH3 is 1. The Morgan fingerprint density at radius 2 is 2.25 bits per heavy atom. The molecule has 1 aromatic rings. The van der Waals surface area contributed by atoms with Gasteiger partial charge in [-0.15, -0.1) is 10.2 Å². The summed E-state index contributed by atoms with van der Waals surface area (Å²) in [6.45, 7) is 4.37. The first kappa shape index (κ1) is 15.2. The van der Waals surface area contributed by atoms with Crippen LogP contribution >= 0.6 is 11.3 Å². The molecule has 20 heavy (non-hydrogen) atoms. The largest absolute Gasteiger partial charge is 0.385 e. The number of carbonyl (C=O) groups is 1. The second-order valence-electron chi connectivity index (χ2n) is 5.26. The van der Waals surface area contributed by atoms with Crippen molar-refractivity contribution in [2.75, 3.05) is 32.1 Å². The van der Waals surface area contributed by atoms with Crippen LogP contribution < -0.4 is 10.6 Å². The second-order valence-corrected chi connectivity index (χ2v) is 6.24. The van der Waals surface area contributed by atoms with Gasteiger partial charge in [-0.05, 0) is 31.1 Å². The van der Waals surface area contributed by atoms with Crippen molar-refractivity contribution in [2.45, 2.75) is 32.6 Å². The molecule has 1 heterocycles. The van der Waals surface area contributed by atoms with E-state index in [1.807, 2.05) is 0 Å². The van der Waals surface area contributed by atoms with Crippen LogP contribution in [0.15, 0.2) is 0 Å². The van der Waals surface area contributed by atoms with E-state index in [-0.39, 0.29) is 11.3 Å². The van der Waals surface area contributed by atoms with E-state index in [9.17, 15) is 4.79 Å². The highest BCUT2D eigenvalue weighted by Gasteiger charge is 2.42. The van der Waals surface area contributed by atoms with Crippen molar-refractivity contribution >= 4 is 22.4 Å². The fraction of sp³-hybridized carbons (Fsp3) is 0.769. The van der Waals surface area contributed by atoms with Crippen molar-refractivity contribution in [2.24, 2.45) is 5.41 Å². The maximum atomic E-state index is 12.0. The second kappa shape index (κ2) is 6.99. The van der Waals surface area contributed by atoms with Gasteiger partial charge in [0.1, 0.15) is 0 Å². The fourth-order valence-corrected chi connectivity index (χ4v) is 2.66. The molecule has 112 valence electrons. The Balaban J connectivity index is 1.78. The van der Waals surface area contributed by atoms with E-state index in [4.69, 9.17) is 4.74 Å². The highest BCUT2D eigenvalue weighted by Crippen LogP contribution is 2.48. The fourth-order valence-electron chi connectivity index (χ4n) is 1.97. The number of amides is 1. The maximum absolute atomic E-state index is 12.0. The lowest BCUT2D eigenvalue weighted by atomic mass is 10.0. The van der Waals surface area contributed by atoms with Crippen molar-refractivity contribution < 1.29 is 9.53 Å². The summed E-state index contributed by atoms with van der Waals surface area (Å²) in [6.07, 6.45) is 4.35. The summed E-state index contributed by atoms with van der Waals surface area (Å²) in [5.74, 6) is -0.129. The number of anilines is 1. The smallest absolute Gasteiger partial charge is 0.282 e. The highest BCUT2D eigenvalue weighted by molar-refractivity contribution is 7.17. The lowest BCUT2D eigenvalue weighted by Gasteiger charge is -2.14. The Morgan fingerprint density at radius 1 is 1.45 bits per heavy atom. The van der Waals surface area contributed by atoms with Gasteiger partial charge in [-0.2, -0.15) is 0 Å². The molecule has 0 unspecified atom stereocenters. The van der Waals surface area contributed by atoms with Gasteiger partial charge in [0, 0.05) is 26.8 Å². The Bertz CT molecular complexity index is 445. The zero-order valence-electron chi connectivity index (χ0n) is 12.1. The number of hydrogen-bond donors (Lipinski definition) is 2. The quantitative estimate of drug-likeness (QED) is 0.728. The summed E-state index contributed by atoms with van der Waals surface area (Å²) < 4.78 is 5.11. The van der Waals surface area contributed by atoms with Crippen LogP contribution in [0.3, 0.4) is 0 Å². The molecule has 0 aliphatic heterocycles. The van der Waals surface area contributed by atoms with Crippen molar-refractivity contribution in [3.8, 4) is 0 Å². The van der Waals surface area contributed by atoms with E-state index < -0.39 is 0 Å². The van der Waals surface area contributed by atoms with Crippen molar-refractivity contribution in [1.82, 2.24) is 15.5 Å². The van der Waals surface area contributed by atoms with Crippen LogP contribution in [0.4, 0.5) is 5.13 Å². The Kier molecular flexibility index (Phi) is 5.31. The van der Waals surface area contributed by atoms with Crippen LogP contribution in [0.1, 0.15) is 42.4 Å². The third-order valence-corrected chi connectivity index (χ3v) is 4.44. The molecule has 1 fully saturated rings. The van der Waals surface area contributed by atoms with Gasteiger partial charge in [0.05, 0.1) is 0 Å². The molecule has 0 saturated heterocycles. The summed E-state index contributed by atoms with van der Waals surface area (Å²) in [5.41, 5.74) is 0.250. The van der Waals surface area contributed by atoms with Crippen LogP contribution in [-0.2, 0) is 4.74 Å². The number of ether oxygens (including phenoxy) is 1. The lowest BCUT2D eigenvalue weighted by Crippen LogP contribution is -2.30. The van der Waals surface area contributed by atoms with Gasteiger partial charge >= 0.3 is 0 Å². The molecule has 1 amide bonds. The molecule has 2 N–H and O–H groups in total. The van der Waals surface area contributed by atoms with Gasteiger partial charge in [-0.3, -0.25) is 4.79 Å². The molecule has 1 aliphatic rings. The van der Waals surface area contributed by atoms with Crippen LogP contribution in [-0.4, -0.2) is 42.9 Å². The van der Waals surface area contributed by atoms with E-state index in [0.717, 1.165) is 38.8 Å². The van der Waals surface area contributed by atoms with Crippen molar-refractivity contribution in [3.05, 3.63) is 5.01 Å². The predicted molar refractivity (Wildman–Crippen MR) is 79.2 cm³/mol. The summed E-state index contributed by atoms with van der Waals surface area (Å²) in [4.78, 5) is 12.0. The molecule has 0 radical (unpaired) electrons. The topological polar surface area (TPSA) is 76.1 Å². The monoisotopic (exact) mass is 298 g/mol. The van der Waals surface area contributed by atoms with E-state index in [1.54, 1.807) is 7.11 Å². The zero-order chi connectivity index (χ0) is 14.4. The number of aromatic nitrogens is 2. The van der Waals surface area contributed by atoms with E-state index in [0.29, 0.717) is 16.7 Å². The molecule has 0 aromatic carbocycles. The van der Waals surface area contributed by atoms with Crippen LogP contribution in [0.5, 0.6) is 0 Å². The molecule has 2 rings (SSSR count). The molecule has 1 saturated carbocycles. The number of nitrogens with one attached hydrogen (secondary N) is 2.